The standard InChI is InChI=1S/C19H18N4O3/c1-26-17(24)8-7-16(20)23-19(25)13-9-10-21-18-14(13)11-15(22-18)12-5-3-2-4-6-12/h2-6,9-11H,7-8H2,1H3,(H,21,22)(H2,20,23,25). The highest BCUT2D eigenvalue weighted by Gasteiger charge is 2.15. The van der Waals surface area contributed by atoms with Crippen molar-refractivity contribution in [3.05, 3.63) is 54.2 Å². The number of amidine groups is 1. The Bertz CT molecular complexity index is 963. The van der Waals surface area contributed by atoms with E-state index in [1.54, 1.807) is 12.3 Å². The summed E-state index contributed by atoms with van der Waals surface area (Å²) in [7, 11) is 1.29. The first-order valence-corrected chi connectivity index (χ1v) is 8.07. The number of nitrogens with zero attached hydrogens (tertiary/aromatic N) is 1. The molecule has 3 aromatic rings. The molecule has 0 bridgehead atoms. The van der Waals surface area contributed by atoms with Gasteiger partial charge in [-0.25, -0.2) is 4.98 Å². The third kappa shape index (κ3) is 3.77. The van der Waals surface area contributed by atoms with E-state index in [1.165, 1.54) is 7.11 Å². The van der Waals surface area contributed by atoms with Gasteiger partial charge in [-0.1, -0.05) is 30.3 Å². The highest BCUT2D eigenvalue weighted by atomic mass is 16.5. The van der Waals surface area contributed by atoms with E-state index in [0.29, 0.717) is 16.6 Å². The van der Waals surface area contributed by atoms with Crippen LogP contribution in [0.4, 0.5) is 0 Å². The summed E-state index contributed by atoms with van der Waals surface area (Å²) in [4.78, 5) is 31.1. The molecule has 0 radical (unpaired) electrons. The number of esters is 1. The van der Waals surface area contributed by atoms with Gasteiger partial charge < -0.3 is 15.0 Å². The summed E-state index contributed by atoms with van der Waals surface area (Å²) in [5.41, 5.74) is 2.85. The van der Waals surface area contributed by atoms with Crippen molar-refractivity contribution in [2.24, 2.45) is 0 Å². The number of carbonyl (C=O) groups excluding carboxylic acids is 2. The van der Waals surface area contributed by atoms with E-state index in [1.807, 2.05) is 36.4 Å². The van der Waals surface area contributed by atoms with E-state index < -0.39 is 11.9 Å². The predicted octanol–water partition coefficient (Wildman–Crippen LogP) is 2.89. The number of fused-ring (bicyclic) bond motifs is 1. The molecule has 0 aliphatic heterocycles. The van der Waals surface area contributed by atoms with Gasteiger partial charge in [0.05, 0.1) is 19.1 Å². The van der Waals surface area contributed by atoms with E-state index >= 15 is 0 Å². The largest absolute Gasteiger partial charge is 0.469 e. The van der Waals surface area contributed by atoms with Crippen molar-refractivity contribution in [2.45, 2.75) is 12.8 Å². The van der Waals surface area contributed by atoms with Gasteiger partial charge >= 0.3 is 5.97 Å². The van der Waals surface area contributed by atoms with Gasteiger partial charge in [0.15, 0.2) is 0 Å². The lowest BCUT2D eigenvalue weighted by Gasteiger charge is -2.07. The molecule has 2 heterocycles. The smallest absolute Gasteiger partial charge is 0.305 e. The van der Waals surface area contributed by atoms with Crippen LogP contribution in [0.2, 0.25) is 0 Å². The highest BCUT2D eigenvalue weighted by Crippen LogP contribution is 2.25. The lowest BCUT2D eigenvalue weighted by molar-refractivity contribution is -0.140. The minimum Gasteiger partial charge on any atom is -0.469 e. The van der Waals surface area contributed by atoms with Crippen LogP contribution < -0.4 is 5.32 Å². The first kappa shape index (κ1) is 17.3. The van der Waals surface area contributed by atoms with Crippen molar-refractivity contribution in [2.75, 3.05) is 7.11 Å². The number of benzene rings is 1. The van der Waals surface area contributed by atoms with Crippen molar-refractivity contribution in [3.8, 4) is 11.3 Å². The number of ether oxygens (including phenoxy) is 1. The molecule has 1 aromatic carbocycles. The van der Waals surface area contributed by atoms with Crippen LogP contribution in [-0.4, -0.2) is 34.8 Å². The molecule has 26 heavy (non-hydrogen) atoms. The average Bonchev–Trinajstić information content (AvgIpc) is 3.11. The number of H-pyrrole nitrogens is 1. The minimum absolute atomic E-state index is 0.0378. The Morgan fingerprint density at radius 3 is 2.69 bits per heavy atom. The Morgan fingerprint density at radius 2 is 1.96 bits per heavy atom. The van der Waals surface area contributed by atoms with Gasteiger partial charge in [0.1, 0.15) is 11.5 Å². The van der Waals surface area contributed by atoms with Crippen LogP contribution in [0.25, 0.3) is 22.3 Å². The number of hydrogen-bond acceptors (Lipinski definition) is 5. The van der Waals surface area contributed by atoms with Crippen molar-refractivity contribution in [1.82, 2.24) is 15.3 Å². The molecule has 1 amide bonds. The molecule has 7 nitrogen and oxygen atoms in total. The number of amides is 1. The SMILES string of the molecule is COC(=O)CCC(=N)NC(=O)c1ccnc2[nH]c(-c3ccccc3)cc12. The van der Waals surface area contributed by atoms with Crippen molar-refractivity contribution < 1.29 is 14.3 Å². The normalized spacial score (nSPS) is 10.5. The first-order valence-electron chi connectivity index (χ1n) is 8.07. The number of hydrogen-bond donors (Lipinski definition) is 3. The summed E-state index contributed by atoms with van der Waals surface area (Å²) < 4.78 is 4.53. The Labute approximate surface area is 149 Å². The molecular formula is C19H18N4O3. The maximum absolute atomic E-state index is 12.5. The second-order valence-electron chi connectivity index (χ2n) is 5.68. The van der Waals surface area contributed by atoms with E-state index in [4.69, 9.17) is 5.41 Å². The lowest BCUT2D eigenvalue weighted by atomic mass is 10.1. The summed E-state index contributed by atoms with van der Waals surface area (Å²) >= 11 is 0. The molecule has 132 valence electrons. The van der Waals surface area contributed by atoms with Gasteiger partial charge in [-0.3, -0.25) is 15.0 Å². The fourth-order valence-corrected chi connectivity index (χ4v) is 2.59. The van der Waals surface area contributed by atoms with Gasteiger partial charge in [0.25, 0.3) is 5.91 Å². The number of rotatable bonds is 5. The molecular weight excluding hydrogens is 332 g/mol. The second kappa shape index (κ2) is 7.60. The Kier molecular flexibility index (Phi) is 5.07. The Morgan fingerprint density at radius 1 is 1.19 bits per heavy atom. The van der Waals surface area contributed by atoms with Crippen molar-refractivity contribution in [1.29, 1.82) is 5.41 Å². The molecule has 0 fully saturated rings. The fraction of sp³-hybridized carbons (Fsp3) is 0.158. The molecule has 3 N–H and O–H groups in total. The molecule has 7 heteroatoms. The Hall–Kier alpha value is -3.48. The molecule has 2 aromatic heterocycles. The van der Waals surface area contributed by atoms with E-state index in [9.17, 15) is 9.59 Å². The number of aromatic nitrogens is 2. The molecule has 0 saturated heterocycles. The maximum atomic E-state index is 12.5. The lowest BCUT2D eigenvalue weighted by Crippen LogP contribution is -2.30. The van der Waals surface area contributed by atoms with Gasteiger partial charge in [-0.15, -0.1) is 0 Å². The maximum Gasteiger partial charge on any atom is 0.305 e. The van der Waals surface area contributed by atoms with Gasteiger partial charge in [0, 0.05) is 23.7 Å². The Balaban J connectivity index is 1.81. The molecule has 0 atom stereocenters. The molecule has 0 aliphatic rings. The predicted molar refractivity (Wildman–Crippen MR) is 98.0 cm³/mol. The molecule has 3 rings (SSSR count). The van der Waals surface area contributed by atoms with Crippen molar-refractivity contribution >= 4 is 28.7 Å². The van der Waals surface area contributed by atoms with Gasteiger partial charge in [0.2, 0.25) is 0 Å². The van der Waals surface area contributed by atoms with E-state index in [-0.39, 0.29) is 18.7 Å². The zero-order valence-electron chi connectivity index (χ0n) is 14.2. The zero-order chi connectivity index (χ0) is 18.5. The summed E-state index contributed by atoms with van der Waals surface area (Å²) in [5.74, 6) is -0.872. The molecule has 0 spiro atoms. The van der Waals surface area contributed by atoms with Gasteiger partial charge in [-0.05, 0) is 17.7 Å². The third-order valence-corrected chi connectivity index (χ3v) is 3.93. The van der Waals surface area contributed by atoms with E-state index in [0.717, 1.165) is 11.3 Å². The zero-order valence-corrected chi connectivity index (χ0v) is 14.2. The van der Waals surface area contributed by atoms with Crippen LogP contribution in [0, 0.1) is 5.41 Å². The first-order chi connectivity index (χ1) is 12.6. The fourth-order valence-electron chi connectivity index (χ4n) is 2.59. The molecule has 0 aliphatic carbocycles. The van der Waals surface area contributed by atoms with Gasteiger partial charge in [-0.2, -0.15) is 0 Å². The van der Waals surface area contributed by atoms with Crippen LogP contribution in [0.1, 0.15) is 23.2 Å². The summed E-state index contributed by atoms with van der Waals surface area (Å²) in [6.07, 6.45) is 1.69. The summed E-state index contributed by atoms with van der Waals surface area (Å²) in [5, 5.41) is 11.0. The van der Waals surface area contributed by atoms with Crippen LogP contribution >= 0.6 is 0 Å². The number of methoxy groups -OCH3 is 1. The number of nitrogens with one attached hydrogen (secondary N) is 3. The molecule has 0 unspecified atom stereocenters. The minimum atomic E-state index is -0.423. The number of carbonyl (C=O) groups is 2. The van der Waals surface area contributed by atoms with Crippen LogP contribution in [-0.2, 0) is 9.53 Å². The van der Waals surface area contributed by atoms with E-state index in [2.05, 4.69) is 20.0 Å². The van der Waals surface area contributed by atoms with Crippen LogP contribution in [0.5, 0.6) is 0 Å². The third-order valence-electron chi connectivity index (χ3n) is 3.93. The van der Waals surface area contributed by atoms with Crippen molar-refractivity contribution in [3.63, 3.8) is 0 Å². The van der Waals surface area contributed by atoms with Crippen LogP contribution in [0.3, 0.4) is 0 Å². The summed E-state index contributed by atoms with van der Waals surface area (Å²) in [6, 6.07) is 13.2. The molecule has 0 saturated carbocycles. The second-order valence-corrected chi connectivity index (χ2v) is 5.68. The quantitative estimate of drug-likeness (QED) is 0.373. The van der Waals surface area contributed by atoms with Crippen LogP contribution in [0.15, 0.2) is 48.7 Å². The summed E-state index contributed by atoms with van der Waals surface area (Å²) in [6.45, 7) is 0. The monoisotopic (exact) mass is 350 g/mol. The topological polar surface area (TPSA) is 108 Å². The highest BCUT2D eigenvalue weighted by molar-refractivity contribution is 6.12. The number of pyridine rings is 1. The number of aromatic amines is 1. The average molecular weight is 350 g/mol.